The van der Waals surface area contributed by atoms with Crippen LogP contribution in [0.3, 0.4) is 0 Å². The summed E-state index contributed by atoms with van der Waals surface area (Å²) in [7, 11) is -4.13. The molecule has 1 aliphatic rings. The zero-order valence-electron chi connectivity index (χ0n) is 19.1. The van der Waals surface area contributed by atoms with Crippen molar-refractivity contribution in [3.8, 4) is 11.1 Å². The van der Waals surface area contributed by atoms with Crippen LogP contribution in [0.1, 0.15) is 30.9 Å². The number of likely N-dealkylation sites (tertiary alicyclic amines) is 1. The van der Waals surface area contributed by atoms with E-state index in [1.54, 1.807) is 24.3 Å². The molecule has 1 atom stereocenters. The summed E-state index contributed by atoms with van der Waals surface area (Å²) in [6, 6.07) is 20.7. The lowest BCUT2D eigenvalue weighted by molar-refractivity contribution is 0.272. The maximum Gasteiger partial charge on any atom is 0.294 e. The topological polar surface area (TPSA) is 83.6 Å². The smallest absolute Gasteiger partial charge is 0.294 e. The Morgan fingerprint density at radius 1 is 0.941 bits per heavy atom. The van der Waals surface area contributed by atoms with E-state index in [9.17, 15) is 8.42 Å². The van der Waals surface area contributed by atoms with Gasteiger partial charge in [-0.15, -0.1) is 0 Å². The third-order valence-electron chi connectivity index (χ3n) is 6.04. The highest BCUT2D eigenvalue weighted by Crippen LogP contribution is 2.23. The summed E-state index contributed by atoms with van der Waals surface area (Å²) in [5, 5.41) is 1.13. The lowest BCUT2D eigenvalue weighted by atomic mass is 10.0. The Hall–Kier alpha value is -1.93. The maximum atomic E-state index is 11.1. The van der Waals surface area contributed by atoms with Crippen molar-refractivity contribution in [3.05, 3.63) is 87.9 Å². The van der Waals surface area contributed by atoms with E-state index < -0.39 is 10.1 Å². The summed E-state index contributed by atoms with van der Waals surface area (Å²) in [6.45, 7) is 5.10. The Labute approximate surface area is 212 Å². The minimum Gasteiger partial charge on any atom is -0.326 e. The summed E-state index contributed by atoms with van der Waals surface area (Å²) in [5.74, 6) is 0. The molecule has 0 saturated carbocycles. The Morgan fingerprint density at radius 2 is 1.53 bits per heavy atom. The molecule has 182 valence electrons. The molecule has 8 heteroatoms. The van der Waals surface area contributed by atoms with E-state index in [0.717, 1.165) is 29.7 Å². The fraction of sp³-hybridized carbons (Fsp3) is 0.308. The van der Waals surface area contributed by atoms with Gasteiger partial charge < -0.3 is 10.6 Å². The highest BCUT2D eigenvalue weighted by atomic mass is 35.5. The fourth-order valence-corrected chi connectivity index (χ4v) is 4.75. The second kappa shape index (κ2) is 12.2. The first-order valence-electron chi connectivity index (χ1n) is 11.2. The second-order valence-electron chi connectivity index (χ2n) is 8.43. The highest BCUT2D eigenvalue weighted by molar-refractivity contribution is 7.85. The number of nitrogens with zero attached hydrogens (tertiary/aromatic N) is 1. The normalized spacial score (nSPS) is 16.2. The van der Waals surface area contributed by atoms with Crippen molar-refractivity contribution in [1.82, 2.24) is 4.90 Å². The molecule has 0 spiro atoms. The first kappa shape index (κ1) is 26.7. The van der Waals surface area contributed by atoms with Crippen molar-refractivity contribution in [1.29, 1.82) is 0 Å². The molecule has 0 bridgehead atoms. The summed E-state index contributed by atoms with van der Waals surface area (Å²) in [4.78, 5) is 2.46. The van der Waals surface area contributed by atoms with Gasteiger partial charge in [-0.25, -0.2) is 0 Å². The Bertz CT molecular complexity index is 1180. The summed E-state index contributed by atoms with van der Waals surface area (Å²) >= 11 is 11.4. The van der Waals surface area contributed by atoms with Crippen molar-refractivity contribution < 1.29 is 13.0 Å². The Morgan fingerprint density at radius 3 is 2.03 bits per heavy atom. The number of nitrogens with two attached hydrogens (primary N) is 1. The molecule has 4 rings (SSSR count). The molecule has 3 aromatic rings. The van der Waals surface area contributed by atoms with Crippen LogP contribution in [0.25, 0.3) is 11.1 Å². The molecule has 0 radical (unpaired) electrons. The van der Waals surface area contributed by atoms with E-state index in [2.05, 4.69) is 36.1 Å². The van der Waals surface area contributed by atoms with Gasteiger partial charge in [0.25, 0.3) is 10.1 Å². The minimum atomic E-state index is -4.13. The molecule has 3 N–H and O–H groups in total. The van der Waals surface area contributed by atoms with Gasteiger partial charge in [-0.1, -0.05) is 65.7 Å². The van der Waals surface area contributed by atoms with Crippen LogP contribution in [0.5, 0.6) is 0 Å². The number of hydrogen-bond acceptors (Lipinski definition) is 4. The average molecular weight is 522 g/mol. The maximum absolute atomic E-state index is 11.1. The molecule has 0 aromatic heterocycles. The predicted molar refractivity (Wildman–Crippen MR) is 140 cm³/mol. The van der Waals surface area contributed by atoms with Gasteiger partial charge in [0.1, 0.15) is 0 Å². The predicted octanol–water partition coefficient (Wildman–Crippen LogP) is 6.08. The van der Waals surface area contributed by atoms with Crippen LogP contribution >= 0.6 is 23.2 Å². The number of benzene rings is 3. The van der Waals surface area contributed by atoms with E-state index in [1.807, 2.05) is 6.07 Å². The molecule has 3 aromatic carbocycles. The van der Waals surface area contributed by atoms with Crippen LogP contribution in [-0.2, 0) is 23.1 Å². The Kier molecular flexibility index (Phi) is 9.54. The van der Waals surface area contributed by atoms with Crippen LogP contribution in [0.15, 0.2) is 71.6 Å². The van der Waals surface area contributed by atoms with Gasteiger partial charge in [0, 0.05) is 19.1 Å². The van der Waals surface area contributed by atoms with Crippen LogP contribution in [-0.4, -0.2) is 37.0 Å². The molecule has 0 aliphatic carbocycles. The number of hydrogen-bond donors (Lipinski definition) is 2. The zero-order chi connectivity index (χ0) is 24.7. The molecule has 34 heavy (non-hydrogen) atoms. The van der Waals surface area contributed by atoms with Crippen molar-refractivity contribution in [2.75, 3.05) is 13.1 Å². The summed E-state index contributed by atoms with van der Waals surface area (Å²) in [5.41, 5.74) is 9.64. The Balaban J connectivity index is 0.000000271. The molecule has 1 heterocycles. The third-order valence-corrected chi connectivity index (χ3v) is 7.64. The van der Waals surface area contributed by atoms with Gasteiger partial charge in [-0.3, -0.25) is 4.55 Å². The van der Waals surface area contributed by atoms with Crippen LogP contribution in [0.4, 0.5) is 0 Å². The molecular weight excluding hydrogens is 491 g/mol. The van der Waals surface area contributed by atoms with E-state index in [4.69, 9.17) is 33.5 Å². The van der Waals surface area contributed by atoms with Crippen molar-refractivity contribution in [2.24, 2.45) is 5.73 Å². The van der Waals surface area contributed by atoms with Gasteiger partial charge in [-0.2, -0.15) is 8.42 Å². The van der Waals surface area contributed by atoms with E-state index >= 15 is 0 Å². The first-order valence-corrected chi connectivity index (χ1v) is 13.4. The molecule has 1 aliphatic heterocycles. The highest BCUT2D eigenvalue weighted by Gasteiger charge is 2.19. The lowest BCUT2D eigenvalue weighted by Crippen LogP contribution is -2.28. The van der Waals surface area contributed by atoms with Gasteiger partial charge in [0.2, 0.25) is 0 Å². The van der Waals surface area contributed by atoms with Crippen LogP contribution in [0.2, 0.25) is 10.0 Å². The van der Waals surface area contributed by atoms with Crippen molar-refractivity contribution in [2.45, 2.75) is 43.7 Å². The summed E-state index contributed by atoms with van der Waals surface area (Å²) in [6.07, 6.45) is 3.66. The molecule has 1 saturated heterocycles. The van der Waals surface area contributed by atoms with Gasteiger partial charge in [0.05, 0.1) is 14.9 Å². The number of halogens is 2. The van der Waals surface area contributed by atoms with Gasteiger partial charge in [-0.05, 0) is 79.3 Å². The molecule has 0 amide bonds. The lowest BCUT2D eigenvalue weighted by Gasteiger charge is -2.20. The van der Waals surface area contributed by atoms with Crippen LogP contribution < -0.4 is 5.73 Å². The van der Waals surface area contributed by atoms with Gasteiger partial charge >= 0.3 is 0 Å². The fourth-order valence-electron chi connectivity index (χ4n) is 3.95. The molecular formula is C26H30Cl2N2O3S. The summed E-state index contributed by atoms with van der Waals surface area (Å²) < 4.78 is 31.2. The largest absolute Gasteiger partial charge is 0.326 e. The molecule has 1 unspecified atom stereocenters. The van der Waals surface area contributed by atoms with Crippen molar-refractivity contribution in [3.63, 3.8) is 0 Å². The van der Waals surface area contributed by atoms with Crippen LogP contribution in [0, 0.1) is 0 Å². The zero-order valence-corrected chi connectivity index (χ0v) is 21.5. The van der Waals surface area contributed by atoms with E-state index in [0.29, 0.717) is 22.6 Å². The minimum absolute atomic E-state index is 0.0809. The van der Waals surface area contributed by atoms with E-state index in [-0.39, 0.29) is 4.90 Å². The second-order valence-corrected chi connectivity index (χ2v) is 10.7. The first-order chi connectivity index (χ1) is 16.2. The average Bonchev–Trinajstić information content (AvgIpc) is 3.24. The SMILES string of the molecule is CC1CCCN1CCc1ccc(-c2ccc(S(=O)(=O)O)cc2)cc1.NCc1ccc(Cl)c(Cl)c1. The molecule has 1 fully saturated rings. The molecule has 5 nitrogen and oxygen atoms in total. The van der Waals surface area contributed by atoms with Crippen molar-refractivity contribution >= 4 is 33.3 Å². The van der Waals surface area contributed by atoms with E-state index in [1.165, 1.54) is 37.1 Å². The quantitative estimate of drug-likeness (QED) is 0.384. The third kappa shape index (κ3) is 7.54. The van der Waals surface area contributed by atoms with Gasteiger partial charge in [0.15, 0.2) is 0 Å². The standard InChI is InChI=1S/C19H23NO3S.C7H7Cl2N/c1-15-3-2-13-20(15)14-12-16-4-6-17(7-5-16)18-8-10-19(11-9-18)24(21,22)23;8-6-2-1-5(4-10)3-7(6)9/h4-11,15H,2-3,12-14H2,1H3,(H,21,22,23);1-3H,4,10H2. The number of rotatable bonds is 6. The monoisotopic (exact) mass is 520 g/mol.